The van der Waals surface area contributed by atoms with Crippen molar-refractivity contribution in [3.05, 3.63) is 59.2 Å². The number of hydrogen-bond acceptors (Lipinski definition) is 3. The van der Waals surface area contributed by atoms with Crippen LogP contribution in [-0.4, -0.2) is 6.79 Å². The molecule has 0 saturated carbocycles. The first kappa shape index (κ1) is 13.4. The summed E-state index contributed by atoms with van der Waals surface area (Å²) in [6, 6.07) is 13.9. The minimum atomic E-state index is 0.222. The number of ether oxygens (including phenoxy) is 2. The summed E-state index contributed by atoms with van der Waals surface area (Å²) < 4.78 is 11.2. The van der Waals surface area contributed by atoms with Crippen LogP contribution in [0, 0.1) is 13.8 Å². The van der Waals surface area contributed by atoms with Crippen LogP contribution in [-0.2, 0) is 11.3 Å². The van der Waals surface area contributed by atoms with Gasteiger partial charge in [0.15, 0.2) is 6.79 Å². The number of nitrogen functional groups attached to an aromatic ring is 1. The van der Waals surface area contributed by atoms with E-state index in [1.807, 2.05) is 56.3 Å². The van der Waals surface area contributed by atoms with E-state index < -0.39 is 0 Å². The summed E-state index contributed by atoms with van der Waals surface area (Å²) in [6.07, 6.45) is 0. The van der Waals surface area contributed by atoms with Gasteiger partial charge in [0.2, 0.25) is 0 Å². The average Bonchev–Trinajstić information content (AvgIpc) is 2.43. The molecule has 0 atom stereocenters. The SMILES string of the molecule is Cc1ccc(N)c(C)c1OCOCc1ccccc1. The van der Waals surface area contributed by atoms with Crippen molar-refractivity contribution in [3.63, 3.8) is 0 Å². The van der Waals surface area contributed by atoms with Gasteiger partial charge in [0.05, 0.1) is 6.61 Å². The Morgan fingerprint density at radius 1 is 1.00 bits per heavy atom. The Kier molecular flexibility index (Phi) is 4.42. The quantitative estimate of drug-likeness (QED) is 0.507. The van der Waals surface area contributed by atoms with E-state index in [4.69, 9.17) is 15.2 Å². The fourth-order valence-corrected chi connectivity index (χ4v) is 1.90. The van der Waals surface area contributed by atoms with Crippen molar-refractivity contribution in [1.82, 2.24) is 0 Å². The van der Waals surface area contributed by atoms with E-state index >= 15 is 0 Å². The molecule has 100 valence electrons. The highest BCUT2D eigenvalue weighted by Crippen LogP contribution is 2.27. The van der Waals surface area contributed by atoms with Crippen LogP contribution in [0.3, 0.4) is 0 Å². The van der Waals surface area contributed by atoms with Crippen LogP contribution in [0.15, 0.2) is 42.5 Å². The van der Waals surface area contributed by atoms with Gasteiger partial charge in [-0.2, -0.15) is 0 Å². The lowest BCUT2D eigenvalue weighted by Gasteiger charge is -2.13. The highest BCUT2D eigenvalue weighted by atomic mass is 16.7. The fraction of sp³-hybridized carbons (Fsp3) is 0.250. The predicted molar refractivity (Wildman–Crippen MR) is 77.1 cm³/mol. The van der Waals surface area contributed by atoms with Gasteiger partial charge in [-0.15, -0.1) is 0 Å². The molecule has 0 heterocycles. The molecule has 19 heavy (non-hydrogen) atoms. The second-order valence-corrected chi connectivity index (χ2v) is 4.52. The van der Waals surface area contributed by atoms with Gasteiger partial charge in [0, 0.05) is 11.3 Å². The number of anilines is 1. The van der Waals surface area contributed by atoms with Gasteiger partial charge in [0.1, 0.15) is 5.75 Å². The average molecular weight is 257 g/mol. The van der Waals surface area contributed by atoms with E-state index in [2.05, 4.69) is 0 Å². The normalized spacial score (nSPS) is 10.4. The van der Waals surface area contributed by atoms with Crippen molar-refractivity contribution in [2.45, 2.75) is 20.5 Å². The highest BCUT2D eigenvalue weighted by molar-refractivity contribution is 5.56. The lowest BCUT2D eigenvalue weighted by molar-refractivity contribution is 0.00435. The highest BCUT2D eigenvalue weighted by Gasteiger charge is 2.06. The summed E-state index contributed by atoms with van der Waals surface area (Å²) in [6.45, 7) is 4.72. The van der Waals surface area contributed by atoms with Crippen molar-refractivity contribution in [3.8, 4) is 5.75 Å². The smallest absolute Gasteiger partial charge is 0.189 e. The topological polar surface area (TPSA) is 44.5 Å². The Labute approximate surface area is 114 Å². The number of rotatable bonds is 5. The Morgan fingerprint density at radius 2 is 1.74 bits per heavy atom. The third kappa shape index (κ3) is 3.48. The lowest BCUT2D eigenvalue weighted by atomic mass is 10.1. The fourth-order valence-electron chi connectivity index (χ4n) is 1.90. The first-order chi connectivity index (χ1) is 9.18. The zero-order valence-electron chi connectivity index (χ0n) is 11.3. The molecule has 3 heteroatoms. The summed E-state index contributed by atoms with van der Waals surface area (Å²) in [5, 5.41) is 0. The molecular weight excluding hydrogens is 238 g/mol. The molecular formula is C16H19NO2. The van der Waals surface area contributed by atoms with Crippen LogP contribution in [0.5, 0.6) is 5.75 Å². The molecule has 2 aromatic rings. The minimum absolute atomic E-state index is 0.222. The minimum Gasteiger partial charge on any atom is -0.467 e. The zero-order chi connectivity index (χ0) is 13.7. The van der Waals surface area contributed by atoms with Gasteiger partial charge >= 0.3 is 0 Å². The maximum atomic E-state index is 5.86. The van der Waals surface area contributed by atoms with Crippen LogP contribution in [0.1, 0.15) is 16.7 Å². The monoisotopic (exact) mass is 257 g/mol. The van der Waals surface area contributed by atoms with Crippen LogP contribution in [0.2, 0.25) is 0 Å². The standard InChI is InChI=1S/C16H19NO2/c1-12-8-9-15(17)13(2)16(12)19-11-18-10-14-6-4-3-5-7-14/h3-9H,10-11,17H2,1-2H3. The third-order valence-corrected chi connectivity index (χ3v) is 3.04. The molecule has 2 rings (SSSR count). The van der Waals surface area contributed by atoms with Crippen molar-refractivity contribution in [2.75, 3.05) is 12.5 Å². The molecule has 2 N–H and O–H groups in total. The molecule has 0 aromatic heterocycles. The Bertz CT molecular complexity index is 538. The molecule has 3 nitrogen and oxygen atoms in total. The van der Waals surface area contributed by atoms with Gasteiger partial charge in [-0.1, -0.05) is 36.4 Å². The van der Waals surface area contributed by atoms with Crippen LogP contribution >= 0.6 is 0 Å². The summed E-state index contributed by atoms with van der Waals surface area (Å²) in [5.74, 6) is 0.813. The van der Waals surface area contributed by atoms with Gasteiger partial charge < -0.3 is 15.2 Å². The van der Waals surface area contributed by atoms with Crippen molar-refractivity contribution < 1.29 is 9.47 Å². The summed E-state index contributed by atoms with van der Waals surface area (Å²) in [5.41, 5.74) is 9.76. The van der Waals surface area contributed by atoms with Gasteiger partial charge in [-0.25, -0.2) is 0 Å². The number of aryl methyl sites for hydroxylation is 1. The van der Waals surface area contributed by atoms with Gasteiger partial charge in [-0.05, 0) is 31.0 Å². The van der Waals surface area contributed by atoms with E-state index in [9.17, 15) is 0 Å². The van der Waals surface area contributed by atoms with E-state index in [0.717, 1.165) is 28.1 Å². The predicted octanol–water partition coefficient (Wildman–Crippen LogP) is 3.44. The summed E-state index contributed by atoms with van der Waals surface area (Å²) in [4.78, 5) is 0. The Hall–Kier alpha value is -2.00. The largest absolute Gasteiger partial charge is 0.467 e. The van der Waals surface area contributed by atoms with Gasteiger partial charge in [-0.3, -0.25) is 0 Å². The van der Waals surface area contributed by atoms with Crippen LogP contribution in [0.4, 0.5) is 5.69 Å². The maximum Gasteiger partial charge on any atom is 0.189 e. The third-order valence-electron chi connectivity index (χ3n) is 3.04. The van der Waals surface area contributed by atoms with Crippen molar-refractivity contribution in [2.24, 2.45) is 0 Å². The second-order valence-electron chi connectivity index (χ2n) is 4.52. The molecule has 0 radical (unpaired) electrons. The molecule has 0 aliphatic rings. The van der Waals surface area contributed by atoms with E-state index in [0.29, 0.717) is 6.61 Å². The molecule has 0 aliphatic carbocycles. The van der Waals surface area contributed by atoms with Crippen molar-refractivity contribution in [1.29, 1.82) is 0 Å². The molecule has 0 spiro atoms. The Balaban J connectivity index is 1.88. The molecule has 2 aromatic carbocycles. The zero-order valence-corrected chi connectivity index (χ0v) is 11.3. The van der Waals surface area contributed by atoms with Gasteiger partial charge in [0.25, 0.3) is 0 Å². The molecule has 0 unspecified atom stereocenters. The van der Waals surface area contributed by atoms with E-state index in [1.165, 1.54) is 0 Å². The number of nitrogens with two attached hydrogens (primary N) is 1. The molecule has 0 bridgehead atoms. The number of benzene rings is 2. The summed E-state index contributed by atoms with van der Waals surface area (Å²) in [7, 11) is 0. The molecule has 0 fully saturated rings. The Morgan fingerprint density at radius 3 is 2.47 bits per heavy atom. The molecule has 0 saturated heterocycles. The van der Waals surface area contributed by atoms with Crippen LogP contribution < -0.4 is 10.5 Å². The van der Waals surface area contributed by atoms with Crippen LogP contribution in [0.25, 0.3) is 0 Å². The maximum absolute atomic E-state index is 5.86. The molecule has 0 aliphatic heterocycles. The molecule has 0 amide bonds. The first-order valence-corrected chi connectivity index (χ1v) is 6.28. The lowest BCUT2D eigenvalue weighted by Crippen LogP contribution is -2.06. The summed E-state index contributed by atoms with van der Waals surface area (Å²) >= 11 is 0. The van der Waals surface area contributed by atoms with Crippen molar-refractivity contribution >= 4 is 5.69 Å². The van der Waals surface area contributed by atoms with E-state index in [-0.39, 0.29) is 6.79 Å². The second kappa shape index (κ2) is 6.25. The van der Waals surface area contributed by atoms with E-state index in [1.54, 1.807) is 0 Å². The number of hydrogen-bond donors (Lipinski definition) is 1. The first-order valence-electron chi connectivity index (χ1n) is 6.28.